The van der Waals surface area contributed by atoms with Crippen LogP contribution >= 0.6 is 0 Å². The Balaban J connectivity index is 2.46. The van der Waals surface area contributed by atoms with Crippen molar-refractivity contribution < 1.29 is 19.1 Å². The largest absolute Gasteiger partial charge is 0.543 e. The van der Waals surface area contributed by atoms with Crippen molar-refractivity contribution in [1.29, 1.82) is 0 Å². The van der Waals surface area contributed by atoms with Gasteiger partial charge in [-0.25, -0.2) is 0 Å². The molecule has 0 saturated heterocycles. The van der Waals surface area contributed by atoms with Gasteiger partial charge in [-0.3, -0.25) is 4.79 Å². The van der Waals surface area contributed by atoms with Gasteiger partial charge in [-0.1, -0.05) is 53.7 Å². The molecule has 2 rings (SSSR count). The number of benzene rings is 2. The highest BCUT2D eigenvalue weighted by Gasteiger charge is 2.46. The van der Waals surface area contributed by atoms with Crippen LogP contribution in [0.1, 0.15) is 51.9 Å². The summed E-state index contributed by atoms with van der Waals surface area (Å²) in [4.78, 5) is 11.5. The van der Waals surface area contributed by atoms with E-state index in [4.69, 9.17) is 9.16 Å². The summed E-state index contributed by atoms with van der Waals surface area (Å²) >= 11 is 0. The second kappa shape index (κ2) is 8.82. The predicted octanol–water partition coefficient (Wildman–Crippen LogP) is 6.43. The van der Waals surface area contributed by atoms with Crippen LogP contribution in [0.2, 0.25) is 16.6 Å². The van der Waals surface area contributed by atoms with Crippen LogP contribution in [-0.2, 0) is 0 Å². The normalized spacial score (nSPS) is 11.9. The van der Waals surface area contributed by atoms with Gasteiger partial charge in [0.1, 0.15) is 5.75 Å². The lowest BCUT2D eigenvalue weighted by molar-refractivity contribution is 0.112. The Morgan fingerprint density at radius 1 is 0.893 bits per heavy atom. The van der Waals surface area contributed by atoms with E-state index in [-0.39, 0.29) is 5.75 Å². The number of methoxy groups -OCH3 is 1. The second-order valence-electron chi connectivity index (χ2n) is 8.14. The number of ether oxygens (including phenoxy) is 1. The van der Waals surface area contributed by atoms with Crippen LogP contribution in [0.5, 0.6) is 17.2 Å². The summed E-state index contributed by atoms with van der Waals surface area (Å²) in [5.74, 6) is 1.14. The molecule has 0 atom stereocenters. The van der Waals surface area contributed by atoms with Crippen molar-refractivity contribution in [2.75, 3.05) is 7.11 Å². The predicted molar refractivity (Wildman–Crippen MR) is 117 cm³/mol. The first kappa shape index (κ1) is 22.0. The molecule has 0 bridgehead atoms. The molecule has 0 heterocycles. The number of rotatable bonds is 8. The molecule has 4 nitrogen and oxygen atoms in total. The molecular formula is C23H32O4Si. The van der Waals surface area contributed by atoms with Gasteiger partial charge >= 0.3 is 0 Å². The number of carbonyl (C=O) groups is 1. The third-order valence-electron chi connectivity index (χ3n) is 5.66. The fourth-order valence-electron chi connectivity index (χ4n) is 4.40. The zero-order chi connectivity index (χ0) is 21.1. The lowest BCUT2D eigenvalue weighted by Crippen LogP contribution is -2.50. The minimum absolute atomic E-state index is 0.0315. The second-order valence-corrected chi connectivity index (χ2v) is 13.5. The maximum atomic E-state index is 11.5. The fraction of sp³-hybridized carbons (Fsp3) is 0.435. The molecule has 2 aromatic carbocycles. The number of hydrogen-bond acceptors (Lipinski definition) is 4. The molecule has 0 aliphatic rings. The molecule has 1 N–H and O–H groups in total. The topological polar surface area (TPSA) is 55.8 Å². The maximum absolute atomic E-state index is 11.5. The number of phenolic OH excluding ortho intramolecular Hbond substituents is 1. The van der Waals surface area contributed by atoms with Crippen molar-refractivity contribution in [2.45, 2.75) is 58.2 Å². The molecule has 0 spiro atoms. The molecule has 0 aliphatic heterocycles. The van der Waals surface area contributed by atoms with Gasteiger partial charge in [0.05, 0.1) is 7.11 Å². The van der Waals surface area contributed by atoms with E-state index in [1.54, 1.807) is 12.1 Å². The number of aromatic hydroxyl groups is 1. The van der Waals surface area contributed by atoms with Crippen molar-refractivity contribution in [1.82, 2.24) is 0 Å². The van der Waals surface area contributed by atoms with Crippen LogP contribution in [0, 0.1) is 0 Å². The standard InChI is InChI=1S/C23H32O4Si/c1-15(2)28(16(3)4,17(5)6)27-20-11-8-18(9-12-20)22-19(14-24)10-13-21(26-7)23(22)25/h8-17,25H,1-7H3. The summed E-state index contributed by atoms with van der Waals surface area (Å²) in [6, 6.07) is 10.9. The van der Waals surface area contributed by atoms with E-state index in [0.717, 1.165) is 17.6 Å². The van der Waals surface area contributed by atoms with Gasteiger partial charge in [-0.15, -0.1) is 0 Å². The molecule has 5 heteroatoms. The number of carbonyl (C=O) groups excluding carboxylic acids is 1. The highest BCUT2D eigenvalue weighted by atomic mass is 28.4. The summed E-state index contributed by atoms with van der Waals surface area (Å²) in [6.07, 6.45) is 0.743. The molecular weight excluding hydrogens is 368 g/mol. The summed E-state index contributed by atoms with van der Waals surface area (Å²) in [5, 5.41) is 10.5. The number of phenols is 1. The fourth-order valence-corrected chi connectivity index (χ4v) is 9.65. The molecule has 0 saturated carbocycles. The van der Waals surface area contributed by atoms with Gasteiger partial charge in [-0.2, -0.15) is 0 Å². The molecule has 0 unspecified atom stereocenters. The van der Waals surface area contributed by atoms with E-state index in [1.165, 1.54) is 7.11 Å². The molecule has 0 fully saturated rings. The molecule has 152 valence electrons. The lowest BCUT2D eigenvalue weighted by Gasteiger charge is -2.42. The molecule has 2 aromatic rings. The Morgan fingerprint density at radius 3 is 1.86 bits per heavy atom. The van der Waals surface area contributed by atoms with E-state index in [2.05, 4.69) is 41.5 Å². The Hall–Kier alpha value is -2.27. The third-order valence-corrected chi connectivity index (χ3v) is 11.7. The van der Waals surface area contributed by atoms with E-state index in [9.17, 15) is 9.90 Å². The molecule has 28 heavy (non-hydrogen) atoms. The smallest absolute Gasteiger partial charge is 0.258 e. The summed E-state index contributed by atoms with van der Waals surface area (Å²) in [6.45, 7) is 13.5. The first-order valence-corrected chi connectivity index (χ1v) is 12.0. The Morgan fingerprint density at radius 2 is 1.43 bits per heavy atom. The summed E-state index contributed by atoms with van der Waals surface area (Å²) in [7, 11) is -0.544. The zero-order valence-electron chi connectivity index (χ0n) is 17.9. The van der Waals surface area contributed by atoms with Crippen LogP contribution < -0.4 is 9.16 Å². The molecule has 0 aliphatic carbocycles. The monoisotopic (exact) mass is 400 g/mol. The van der Waals surface area contributed by atoms with Crippen molar-refractivity contribution in [3.8, 4) is 28.4 Å². The molecule has 0 aromatic heterocycles. The minimum Gasteiger partial charge on any atom is -0.543 e. The van der Waals surface area contributed by atoms with Crippen molar-refractivity contribution in [3.63, 3.8) is 0 Å². The van der Waals surface area contributed by atoms with Crippen molar-refractivity contribution >= 4 is 14.6 Å². The van der Waals surface area contributed by atoms with Crippen LogP contribution in [0.25, 0.3) is 11.1 Å². The van der Waals surface area contributed by atoms with Crippen LogP contribution in [0.3, 0.4) is 0 Å². The highest BCUT2D eigenvalue weighted by Crippen LogP contribution is 2.44. The minimum atomic E-state index is -2.03. The summed E-state index contributed by atoms with van der Waals surface area (Å²) in [5.41, 5.74) is 3.09. The first-order chi connectivity index (χ1) is 13.2. The third kappa shape index (κ3) is 3.95. The van der Waals surface area contributed by atoms with Crippen LogP contribution in [0.4, 0.5) is 0 Å². The average Bonchev–Trinajstić information content (AvgIpc) is 2.65. The average molecular weight is 401 g/mol. The van der Waals surface area contributed by atoms with Gasteiger partial charge in [-0.05, 0) is 46.5 Å². The molecule has 0 amide bonds. The van der Waals surface area contributed by atoms with Gasteiger partial charge in [0, 0.05) is 11.1 Å². The lowest BCUT2D eigenvalue weighted by atomic mass is 9.98. The Kier molecular flexibility index (Phi) is 6.94. The van der Waals surface area contributed by atoms with E-state index in [1.807, 2.05) is 24.3 Å². The van der Waals surface area contributed by atoms with Crippen molar-refractivity contribution in [2.24, 2.45) is 0 Å². The molecule has 0 radical (unpaired) electrons. The number of aldehydes is 1. The van der Waals surface area contributed by atoms with E-state index in [0.29, 0.717) is 33.5 Å². The van der Waals surface area contributed by atoms with E-state index >= 15 is 0 Å². The number of hydrogen-bond donors (Lipinski definition) is 1. The summed E-state index contributed by atoms with van der Waals surface area (Å²) < 4.78 is 11.9. The maximum Gasteiger partial charge on any atom is 0.258 e. The van der Waals surface area contributed by atoms with Gasteiger partial charge in [0.25, 0.3) is 8.32 Å². The Labute approximate surface area is 169 Å². The SMILES string of the molecule is COc1ccc(C=O)c(-c2ccc(O[Si](C(C)C)(C(C)C)C(C)C)cc2)c1O. The van der Waals surface area contributed by atoms with Crippen LogP contribution in [-0.4, -0.2) is 26.8 Å². The van der Waals surface area contributed by atoms with Gasteiger partial charge < -0.3 is 14.3 Å². The van der Waals surface area contributed by atoms with Crippen molar-refractivity contribution in [3.05, 3.63) is 42.0 Å². The highest BCUT2D eigenvalue weighted by molar-refractivity contribution is 6.78. The first-order valence-electron chi connectivity index (χ1n) is 9.83. The van der Waals surface area contributed by atoms with Gasteiger partial charge in [0.2, 0.25) is 0 Å². The Bertz CT molecular complexity index is 788. The quantitative estimate of drug-likeness (QED) is 0.409. The zero-order valence-corrected chi connectivity index (χ0v) is 18.9. The van der Waals surface area contributed by atoms with Crippen LogP contribution in [0.15, 0.2) is 36.4 Å². The van der Waals surface area contributed by atoms with E-state index < -0.39 is 8.32 Å². The van der Waals surface area contributed by atoms with Gasteiger partial charge in [0.15, 0.2) is 17.8 Å².